The van der Waals surface area contributed by atoms with Gasteiger partial charge in [0.05, 0.1) is 24.3 Å². The van der Waals surface area contributed by atoms with Crippen LogP contribution in [0.15, 0.2) is 53.6 Å². The summed E-state index contributed by atoms with van der Waals surface area (Å²) < 4.78 is 3.38. The number of pyridine rings is 1. The maximum atomic E-state index is 12.8. The van der Waals surface area contributed by atoms with E-state index in [1.54, 1.807) is 18.3 Å². The number of hydrogen-bond donors (Lipinski definition) is 1. The molecule has 0 radical (unpaired) electrons. The molecule has 28 heavy (non-hydrogen) atoms. The van der Waals surface area contributed by atoms with Gasteiger partial charge in [-0.05, 0) is 37.0 Å². The number of carbonyl (C=O) groups excluding carboxylic acids is 1. The van der Waals surface area contributed by atoms with Gasteiger partial charge in [0.1, 0.15) is 0 Å². The lowest BCUT2D eigenvalue weighted by molar-refractivity contribution is 0.0931. The number of halogens is 1. The van der Waals surface area contributed by atoms with Crippen molar-refractivity contribution in [3.8, 4) is 0 Å². The molecule has 2 heterocycles. The number of benzene rings is 1. The number of aromatic nitrogens is 3. The first kappa shape index (κ1) is 18.5. The Hall–Kier alpha value is -2.86. The summed E-state index contributed by atoms with van der Waals surface area (Å²) >= 11 is 6.20. The maximum Gasteiger partial charge on any atom is 0.253 e. The largest absolute Gasteiger partial charge is 0.345 e. The van der Waals surface area contributed by atoms with E-state index in [1.807, 2.05) is 36.1 Å². The summed E-state index contributed by atoms with van der Waals surface area (Å²) in [4.78, 5) is 25.1. The van der Waals surface area contributed by atoms with Crippen molar-refractivity contribution in [1.82, 2.24) is 19.7 Å². The second kappa shape index (κ2) is 7.64. The minimum atomic E-state index is -0.199. The molecular formula is C21H21ClN4O2. The van der Waals surface area contributed by atoms with Crippen LogP contribution in [0.2, 0.25) is 5.02 Å². The molecule has 4 rings (SSSR count). The summed E-state index contributed by atoms with van der Waals surface area (Å²) in [5.74, 6) is -0.199. The molecule has 3 aromatic rings. The van der Waals surface area contributed by atoms with Crippen LogP contribution in [-0.2, 0) is 20.0 Å². The van der Waals surface area contributed by atoms with Gasteiger partial charge in [0.25, 0.3) is 11.5 Å². The minimum absolute atomic E-state index is 0.0612. The zero-order chi connectivity index (χ0) is 19.7. The molecule has 1 aliphatic carbocycles. The molecule has 1 amide bonds. The first-order chi connectivity index (χ1) is 13.5. The van der Waals surface area contributed by atoms with Crippen molar-refractivity contribution in [3.05, 3.63) is 86.6 Å². The highest BCUT2D eigenvalue weighted by Gasteiger charge is 2.25. The maximum absolute atomic E-state index is 12.8. The molecule has 144 valence electrons. The standard InChI is InChI=1S/C21H21ClN4O2/c1-25-19-8-4-7-18(16(19)11-23-25)24-21(28)15-9-10-20(27)26(13-15)12-14-5-2-3-6-17(14)22/h2-3,5-6,9-11,13,18H,4,7-8,12H2,1H3,(H,24,28)/t18-/m0/s1. The normalized spacial score (nSPS) is 15.9. The number of nitrogens with one attached hydrogen (secondary N) is 1. The molecule has 0 fully saturated rings. The zero-order valence-electron chi connectivity index (χ0n) is 15.6. The van der Waals surface area contributed by atoms with Crippen LogP contribution in [0.4, 0.5) is 0 Å². The zero-order valence-corrected chi connectivity index (χ0v) is 16.3. The molecule has 1 aromatic carbocycles. The van der Waals surface area contributed by atoms with Crippen LogP contribution in [0, 0.1) is 0 Å². The Morgan fingerprint density at radius 1 is 1.29 bits per heavy atom. The van der Waals surface area contributed by atoms with Crippen molar-refractivity contribution in [2.24, 2.45) is 7.05 Å². The van der Waals surface area contributed by atoms with Crippen LogP contribution in [0.3, 0.4) is 0 Å². The highest BCUT2D eigenvalue weighted by molar-refractivity contribution is 6.31. The van der Waals surface area contributed by atoms with Gasteiger partial charge < -0.3 is 9.88 Å². The highest BCUT2D eigenvalue weighted by Crippen LogP contribution is 2.29. The van der Waals surface area contributed by atoms with Gasteiger partial charge in [-0.3, -0.25) is 14.3 Å². The monoisotopic (exact) mass is 396 g/mol. The lowest BCUT2D eigenvalue weighted by atomic mass is 9.93. The molecule has 0 bridgehead atoms. The second-order valence-electron chi connectivity index (χ2n) is 7.06. The number of fused-ring (bicyclic) bond motifs is 1. The molecule has 7 heteroatoms. The molecule has 0 aliphatic heterocycles. The number of rotatable bonds is 4. The molecule has 0 saturated carbocycles. The predicted molar refractivity (Wildman–Crippen MR) is 108 cm³/mol. The first-order valence-corrected chi connectivity index (χ1v) is 9.66. The molecule has 1 atom stereocenters. The molecule has 0 saturated heterocycles. The summed E-state index contributed by atoms with van der Waals surface area (Å²) in [5, 5.41) is 8.00. The third kappa shape index (κ3) is 3.60. The lowest BCUT2D eigenvalue weighted by Crippen LogP contribution is -2.32. The molecule has 1 aliphatic rings. The average Bonchev–Trinajstić information content (AvgIpc) is 3.07. The van der Waals surface area contributed by atoms with E-state index in [0.29, 0.717) is 17.1 Å². The van der Waals surface area contributed by atoms with Crippen LogP contribution in [0.5, 0.6) is 0 Å². The fraction of sp³-hybridized carbons (Fsp3) is 0.286. The molecule has 1 N–H and O–H groups in total. The Balaban J connectivity index is 1.56. The molecule has 2 aromatic heterocycles. The quantitative estimate of drug-likeness (QED) is 0.736. The Morgan fingerprint density at radius 3 is 2.93 bits per heavy atom. The number of amides is 1. The van der Waals surface area contributed by atoms with Crippen molar-refractivity contribution in [2.45, 2.75) is 31.8 Å². The van der Waals surface area contributed by atoms with Crippen molar-refractivity contribution in [1.29, 1.82) is 0 Å². The van der Waals surface area contributed by atoms with Crippen molar-refractivity contribution < 1.29 is 4.79 Å². The number of nitrogens with zero attached hydrogens (tertiary/aromatic N) is 3. The Bertz CT molecular complexity index is 1090. The summed E-state index contributed by atoms with van der Waals surface area (Å²) in [6, 6.07) is 10.3. The Morgan fingerprint density at radius 2 is 2.11 bits per heavy atom. The van der Waals surface area contributed by atoms with Crippen LogP contribution >= 0.6 is 11.6 Å². The first-order valence-electron chi connectivity index (χ1n) is 9.28. The lowest BCUT2D eigenvalue weighted by Gasteiger charge is -2.24. The van der Waals surface area contributed by atoms with Gasteiger partial charge in [-0.15, -0.1) is 0 Å². The fourth-order valence-electron chi connectivity index (χ4n) is 3.70. The van der Waals surface area contributed by atoms with Gasteiger partial charge in [-0.2, -0.15) is 5.10 Å². The van der Waals surface area contributed by atoms with Crippen molar-refractivity contribution in [2.75, 3.05) is 0 Å². The third-order valence-corrected chi connectivity index (χ3v) is 5.59. The third-order valence-electron chi connectivity index (χ3n) is 5.23. The van der Waals surface area contributed by atoms with Crippen molar-refractivity contribution in [3.63, 3.8) is 0 Å². The Kier molecular flexibility index (Phi) is 5.05. The number of hydrogen-bond acceptors (Lipinski definition) is 3. The second-order valence-corrected chi connectivity index (χ2v) is 7.47. The summed E-state index contributed by atoms with van der Waals surface area (Å²) in [6.45, 7) is 0.315. The minimum Gasteiger partial charge on any atom is -0.345 e. The van der Waals surface area contributed by atoms with Crippen LogP contribution in [-0.4, -0.2) is 20.3 Å². The van der Waals surface area contributed by atoms with Gasteiger partial charge >= 0.3 is 0 Å². The van der Waals surface area contributed by atoms with Gasteiger partial charge in [0.2, 0.25) is 0 Å². The molecule has 0 unspecified atom stereocenters. The van der Waals surface area contributed by atoms with Crippen LogP contribution < -0.4 is 10.9 Å². The van der Waals surface area contributed by atoms with Gasteiger partial charge in [-0.1, -0.05) is 29.8 Å². The topological polar surface area (TPSA) is 68.9 Å². The van der Waals surface area contributed by atoms with Gasteiger partial charge in [0, 0.05) is 35.6 Å². The van der Waals surface area contributed by atoms with Gasteiger partial charge in [0.15, 0.2) is 0 Å². The van der Waals surface area contributed by atoms with E-state index in [0.717, 1.165) is 30.4 Å². The molecule has 6 nitrogen and oxygen atoms in total. The van der Waals surface area contributed by atoms with E-state index >= 15 is 0 Å². The van der Waals surface area contributed by atoms with Crippen LogP contribution in [0.25, 0.3) is 0 Å². The number of aryl methyl sites for hydroxylation is 1. The van der Waals surface area contributed by atoms with Gasteiger partial charge in [-0.25, -0.2) is 0 Å². The molecule has 0 spiro atoms. The van der Waals surface area contributed by atoms with Crippen LogP contribution in [0.1, 0.15) is 46.1 Å². The van der Waals surface area contributed by atoms with E-state index in [9.17, 15) is 9.59 Å². The van der Waals surface area contributed by atoms with Crippen molar-refractivity contribution >= 4 is 17.5 Å². The average molecular weight is 397 g/mol. The summed E-state index contributed by atoms with van der Waals surface area (Å²) in [6.07, 6.45) is 6.28. The van der Waals surface area contributed by atoms with E-state index in [1.165, 1.54) is 16.3 Å². The highest BCUT2D eigenvalue weighted by atomic mass is 35.5. The SMILES string of the molecule is Cn1ncc2c1CCC[C@@H]2NC(=O)c1ccc(=O)n(Cc2ccccc2Cl)c1. The fourth-order valence-corrected chi connectivity index (χ4v) is 3.89. The number of carbonyl (C=O) groups is 1. The Labute approximate surface area is 167 Å². The summed E-state index contributed by atoms with van der Waals surface area (Å²) in [5.41, 5.74) is 3.34. The smallest absolute Gasteiger partial charge is 0.253 e. The molecular weight excluding hydrogens is 376 g/mol. The van der Waals surface area contributed by atoms with E-state index in [2.05, 4.69) is 10.4 Å². The van der Waals surface area contributed by atoms with E-state index < -0.39 is 0 Å². The predicted octanol–water partition coefficient (Wildman–Crippen LogP) is 3.09. The van der Waals surface area contributed by atoms with E-state index in [4.69, 9.17) is 11.6 Å². The summed E-state index contributed by atoms with van der Waals surface area (Å²) in [7, 11) is 1.92. The van der Waals surface area contributed by atoms with E-state index in [-0.39, 0.29) is 17.5 Å².